The monoisotopic (exact) mass is 448 g/mol. The number of benzene rings is 3. The molecule has 0 fully saturated rings. The number of hydrogen-bond acceptors (Lipinski definition) is 1. The zero-order valence-electron chi connectivity index (χ0n) is 20.8. The summed E-state index contributed by atoms with van der Waals surface area (Å²) in [5.41, 5.74) is 2.65. The van der Waals surface area contributed by atoms with E-state index in [1.165, 1.54) is 23.3 Å². The van der Waals surface area contributed by atoms with Crippen molar-refractivity contribution in [1.29, 1.82) is 0 Å². The number of ether oxygens (including phenoxy) is 1. The van der Waals surface area contributed by atoms with Crippen LogP contribution >= 0.6 is 0 Å². The van der Waals surface area contributed by atoms with E-state index in [-0.39, 0.29) is 0 Å². The fraction of sp³-hybridized carbons (Fsp3) is 0.357. The Morgan fingerprint density at radius 2 is 1.16 bits per heavy atom. The first kappa shape index (κ1) is 31.4. The van der Waals surface area contributed by atoms with Crippen molar-refractivity contribution in [2.75, 3.05) is 0 Å². The molecule has 4 heteroatoms. The molecule has 0 amide bonds. The van der Waals surface area contributed by atoms with Crippen LogP contribution in [0.1, 0.15) is 63.8 Å². The van der Waals surface area contributed by atoms with Gasteiger partial charge in [0.2, 0.25) is 0 Å². The molecule has 3 aromatic carbocycles. The van der Waals surface area contributed by atoms with Crippen LogP contribution in [0.15, 0.2) is 78.9 Å². The largest absolute Gasteiger partial charge is 0.489 e. The minimum absolute atomic E-state index is 0.594. The number of aryl methyl sites for hydroxylation is 2. The molecule has 0 aliphatic rings. The van der Waals surface area contributed by atoms with Gasteiger partial charge < -0.3 is 4.74 Å². The van der Waals surface area contributed by atoms with E-state index in [0.717, 1.165) is 23.4 Å². The molecule has 0 unspecified atom stereocenters. The van der Waals surface area contributed by atoms with Crippen LogP contribution in [0.25, 0.3) is 0 Å². The van der Waals surface area contributed by atoms with Crippen molar-refractivity contribution in [2.24, 2.45) is 0 Å². The van der Waals surface area contributed by atoms with Crippen molar-refractivity contribution < 1.29 is 17.9 Å². The molecule has 0 atom stereocenters. The predicted octanol–water partition coefficient (Wildman–Crippen LogP) is 9.67. The molecule has 1 nitrogen and oxygen atoms in total. The lowest BCUT2D eigenvalue weighted by atomic mass is 10.1. The second-order valence-corrected chi connectivity index (χ2v) is 5.95. The average molecular weight is 449 g/mol. The van der Waals surface area contributed by atoms with E-state index < -0.39 is 11.7 Å². The first-order chi connectivity index (χ1) is 15.3. The Balaban J connectivity index is 0. The van der Waals surface area contributed by atoms with Gasteiger partial charge in [-0.3, -0.25) is 0 Å². The molecule has 0 heterocycles. The smallest absolute Gasteiger partial charge is 0.416 e. The molecule has 3 aromatic rings. The van der Waals surface area contributed by atoms with E-state index in [0.29, 0.717) is 6.61 Å². The second-order valence-electron chi connectivity index (χ2n) is 5.95. The van der Waals surface area contributed by atoms with Gasteiger partial charge in [0, 0.05) is 0 Å². The summed E-state index contributed by atoms with van der Waals surface area (Å²) in [7, 11) is 0. The van der Waals surface area contributed by atoms with Crippen molar-refractivity contribution in [3.8, 4) is 5.75 Å². The van der Waals surface area contributed by atoms with Crippen molar-refractivity contribution >= 4 is 0 Å². The minimum Gasteiger partial charge on any atom is -0.489 e. The van der Waals surface area contributed by atoms with E-state index in [1.54, 1.807) is 6.92 Å². The third-order valence-corrected chi connectivity index (χ3v) is 3.62. The summed E-state index contributed by atoms with van der Waals surface area (Å²) in [6.07, 6.45) is -4.21. The highest BCUT2D eigenvalue weighted by atomic mass is 19.4. The first-order valence-corrected chi connectivity index (χ1v) is 11.2. The third kappa shape index (κ3) is 14.3. The fourth-order valence-electron chi connectivity index (χ4n) is 2.19. The van der Waals surface area contributed by atoms with Gasteiger partial charge in [0.15, 0.2) is 0 Å². The number of rotatable bonds is 3. The number of halogens is 3. The summed E-state index contributed by atoms with van der Waals surface area (Å²) in [6.45, 7) is 16.4. The second kappa shape index (κ2) is 19.0. The Labute approximate surface area is 193 Å². The van der Waals surface area contributed by atoms with Crippen molar-refractivity contribution in [3.63, 3.8) is 0 Å². The average Bonchev–Trinajstić information content (AvgIpc) is 2.82. The molecule has 0 aliphatic heterocycles. The van der Waals surface area contributed by atoms with Crippen LogP contribution in [0.5, 0.6) is 5.75 Å². The first-order valence-electron chi connectivity index (χ1n) is 11.2. The van der Waals surface area contributed by atoms with Gasteiger partial charge >= 0.3 is 6.18 Å². The van der Waals surface area contributed by atoms with E-state index in [2.05, 4.69) is 25.1 Å². The van der Waals surface area contributed by atoms with Crippen LogP contribution in [0, 0.1) is 13.8 Å². The van der Waals surface area contributed by atoms with Gasteiger partial charge in [-0.1, -0.05) is 102 Å². The summed E-state index contributed by atoms with van der Waals surface area (Å²) in [5, 5.41) is 0. The van der Waals surface area contributed by atoms with Gasteiger partial charge in [0.05, 0.1) is 5.56 Å². The van der Waals surface area contributed by atoms with Gasteiger partial charge in [-0.2, -0.15) is 13.2 Å². The molecule has 3 rings (SSSR count). The maximum atomic E-state index is 11.9. The Morgan fingerprint density at radius 3 is 1.62 bits per heavy atom. The molecule has 0 saturated heterocycles. The molecule has 0 aliphatic carbocycles. The van der Waals surface area contributed by atoms with Gasteiger partial charge in [0.1, 0.15) is 12.4 Å². The topological polar surface area (TPSA) is 9.23 Å². The molecule has 0 radical (unpaired) electrons. The molecule has 0 aromatic heterocycles. The van der Waals surface area contributed by atoms with E-state index in [4.69, 9.17) is 4.74 Å². The molecule has 0 saturated carbocycles. The lowest BCUT2D eigenvalue weighted by Crippen LogP contribution is -2.03. The molecule has 0 N–H and O–H groups in total. The summed E-state index contributed by atoms with van der Waals surface area (Å²) >= 11 is 0. The Morgan fingerprint density at radius 1 is 0.625 bits per heavy atom. The molecular weight excluding hydrogens is 409 g/mol. The summed E-state index contributed by atoms with van der Waals surface area (Å²) in [4.78, 5) is 0. The molecule has 0 bridgehead atoms. The fourth-order valence-corrected chi connectivity index (χ4v) is 2.19. The summed E-state index contributed by atoms with van der Waals surface area (Å²) in [6, 6.07) is 23.3. The Bertz CT molecular complexity index is 795. The maximum absolute atomic E-state index is 11.9. The zero-order valence-corrected chi connectivity index (χ0v) is 20.8. The van der Waals surface area contributed by atoms with Crippen LogP contribution in [-0.4, -0.2) is 0 Å². The standard InChI is InChI=1S/C14H14O.C8H7F3.3C2H6/c1-12-6-5-9-14(10-12)15-11-13-7-3-2-4-8-13;1-6-2-4-7(5-3-6)8(9,10)11;3*1-2/h2-10H,11H2,1H3;2-5H,1H3;3*1-2H3. The SMILES string of the molecule is CC.CC.CC.Cc1ccc(C(F)(F)F)cc1.Cc1cccc(OCc2ccccc2)c1. The molecule has 178 valence electrons. The lowest BCUT2D eigenvalue weighted by molar-refractivity contribution is -0.137. The van der Waals surface area contributed by atoms with Crippen LogP contribution in [-0.2, 0) is 12.8 Å². The highest BCUT2D eigenvalue weighted by molar-refractivity contribution is 5.28. The van der Waals surface area contributed by atoms with Gasteiger partial charge in [-0.25, -0.2) is 0 Å². The van der Waals surface area contributed by atoms with Crippen LogP contribution in [0.2, 0.25) is 0 Å². The van der Waals surface area contributed by atoms with Gasteiger partial charge in [-0.05, 0) is 49.2 Å². The zero-order chi connectivity index (χ0) is 25.0. The lowest BCUT2D eigenvalue weighted by Gasteiger charge is -2.06. The van der Waals surface area contributed by atoms with E-state index >= 15 is 0 Å². The van der Waals surface area contributed by atoms with E-state index in [9.17, 15) is 13.2 Å². The van der Waals surface area contributed by atoms with Gasteiger partial charge in [0.25, 0.3) is 0 Å². The van der Waals surface area contributed by atoms with Crippen molar-refractivity contribution in [3.05, 3.63) is 101 Å². The number of hydrogen-bond donors (Lipinski definition) is 0. The van der Waals surface area contributed by atoms with Crippen LogP contribution in [0.4, 0.5) is 13.2 Å². The third-order valence-electron chi connectivity index (χ3n) is 3.62. The quantitative estimate of drug-likeness (QED) is 0.387. The highest BCUT2D eigenvalue weighted by Gasteiger charge is 2.29. The molecule has 32 heavy (non-hydrogen) atoms. The van der Waals surface area contributed by atoms with E-state index in [1.807, 2.05) is 77.9 Å². The summed E-state index contributed by atoms with van der Waals surface area (Å²) < 4.78 is 41.4. The Kier molecular flexibility index (Phi) is 18.6. The summed E-state index contributed by atoms with van der Waals surface area (Å²) in [5.74, 6) is 0.929. The predicted molar refractivity (Wildman–Crippen MR) is 132 cm³/mol. The van der Waals surface area contributed by atoms with Crippen LogP contribution in [0.3, 0.4) is 0 Å². The van der Waals surface area contributed by atoms with Crippen molar-refractivity contribution in [1.82, 2.24) is 0 Å². The normalized spacial score (nSPS) is 9.22. The van der Waals surface area contributed by atoms with Gasteiger partial charge in [-0.15, -0.1) is 0 Å². The maximum Gasteiger partial charge on any atom is 0.416 e. The minimum atomic E-state index is -4.21. The van der Waals surface area contributed by atoms with Crippen LogP contribution < -0.4 is 4.74 Å². The highest BCUT2D eigenvalue weighted by Crippen LogP contribution is 2.28. The number of alkyl halides is 3. The molecular formula is C28H39F3O. The Hall–Kier alpha value is -2.75. The van der Waals surface area contributed by atoms with Crippen molar-refractivity contribution in [2.45, 2.75) is 68.2 Å². The molecule has 0 spiro atoms.